The summed E-state index contributed by atoms with van der Waals surface area (Å²) in [5, 5.41) is 0. The third-order valence-electron chi connectivity index (χ3n) is 4.09. The Morgan fingerprint density at radius 3 is 2.71 bits per heavy atom. The molecule has 1 amide bonds. The van der Waals surface area contributed by atoms with Crippen LogP contribution in [0.2, 0.25) is 0 Å². The molecule has 5 nitrogen and oxygen atoms in total. The Labute approximate surface area is 129 Å². The molecule has 1 heterocycles. The lowest BCUT2D eigenvalue weighted by molar-refractivity contribution is -0.132. The molecule has 1 unspecified atom stereocenters. The number of methoxy groups -OCH3 is 1. The van der Waals surface area contributed by atoms with Crippen molar-refractivity contribution in [2.75, 3.05) is 53.0 Å². The molecule has 5 heteroatoms. The number of amides is 1. The molecule has 1 atom stereocenters. The molecular weight excluding hydrogens is 266 g/mol. The average molecular weight is 299 g/mol. The van der Waals surface area contributed by atoms with Crippen LogP contribution in [0.3, 0.4) is 0 Å². The maximum atomic E-state index is 12.3. The SMILES string of the molecule is COCC(C)CC(=O)N1CCCN(CCCCCN)CC1. The molecule has 0 aromatic heterocycles. The zero-order chi connectivity index (χ0) is 15.5. The zero-order valence-corrected chi connectivity index (χ0v) is 13.9. The van der Waals surface area contributed by atoms with Gasteiger partial charge in [0.1, 0.15) is 0 Å². The lowest BCUT2D eigenvalue weighted by atomic mass is 10.1. The van der Waals surface area contributed by atoms with Gasteiger partial charge in [0.25, 0.3) is 0 Å². The van der Waals surface area contributed by atoms with E-state index in [0.29, 0.717) is 18.9 Å². The predicted molar refractivity (Wildman–Crippen MR) is 86.2 cm³/mol. The molecule has 0 radical (unpaired) electrons. The van der Waals surface area contributed by atoms with Gasteiger partial charge in [-0.2, -0.15) is 0 Å². The maximum Gasteiger partial charge on any atom is 0.222 e. The number of rotatable bonds is 9. The minimum absolute atomic E-state index is 0.282. The van der Waals surface area contributed by atoms with E-state index in [-0.39, 0.29) is 5.91 Å². The van der Waals surface area contributed by atoms with E-state index in [9.17, 15) is 4.79 Å². The number of carbonyl (C=O) groups excluding carboxylic acids is 1. The van der Waals surface area contributed by atoms with Gasteiger partial charge >= 0.3 is 0 Å². The van der Waals surface area contributed by atoms with Gasteiger partial charge in [-0.1, -0.05) is 13.3 Å². The van der Waals surface area contributed by atoms with Gasteiger partial charge in [-0.25, -0.2) is 0 Å². The monoisotopic (exact) mass is 299 g/mol. The molecule has 1 rings (SSSR count). The highest BCUT2D eigenvalue weighted by Crippen LogP contribution is 2.10. The van der Waals surface area contributed by atoms with Crippen LogP contribution in [-0.2, 0) is 9.53 Å². The lowest BCUT2D eigenvalue weighted by Gasteiger charge is -2.23. The number of ether oxygens (including phenoxy) is 1. The summed E-state index contributed by atoms with van der Waals surface area (Å²) in [4.78, 5) is 16.8. The van der Waals surface area contributed by atoms with Gasteiger partial charge in [-0.3, -0.25) is 4.79 Å². The molecule has 21 heavy (non-hydrogen) atoms. The molecule has 1 aliphatic heterocycles. The second kappa shape index (κ2) is 11.0. The number of carbonyl (C=O) groups is 1. The van der Waals surface area contributed by atoms with Crippen molar-refractivity contribution in [1.29, 1.82) is 0 Å². The quantitative estimate of drug-likeness (QED) is 0.652. The highest BCUT2D eigenvalue weighted by molar-refractivity contribution is 5.76. The van der Waals surface area contributed by atoms with Crippen molar-refractivity contribution < 1.29 is 9.53 Å². The number of nitrogens with two attached hydrogens (primary N) is 1. The van der Waals surface area contributed by atoms with Gasteiger partial charge in [0, 0.05) is 39.8 Å². The van der Waals surface area contributed by atoms with Crippen molar-refractivity contribution in [1.82, 2.24) is 9.80 Å². The van der Waals surface area contributed by atoms with Crippen molar-refractivity contribution in [2.24, 2.45) is 11.7 Å². The summed E-state index contributed by atoms with van der Waals surface area (Å²) in [7, 11) is 1.69. The van der Waals surface area contributed by atoms with E-state index in [0.717, 1.165) is 52.1 Å². The minimum Gasteiger partial charge on any atom is -0.384 e. The van der Waals surface area contributed by atoms with E-state index >= 15 is 0 Å². The Morgan fingerprint density at radius 2 is 2.00 bits per heavy atom. The summed E-state index contributed by atoms with van der Waals surface area (Å²) in [6, 6.07) is 0. The van der Waals surface area contributed by atoms with E-state index in [2.05, 4.69) is 11.8 Å². The number of hydrogen-bond acceptors (Lipinski definition) is 4. The summed E-state index contributed by atoms with van der Waals surface area (Å²) < 4.78 is 5.11. The van der Waals surface area contributed by atoms with Crippen LogP contribution in [0.5, 0.6) is 0 Å². The Bertz CT molecular complexity index is 287. The molecule has 1 saturated heterocycles. The number of nitrogens with zero attached hydrogens (tertiary/aromatic N) is 2. The van der Waals surface area contributed by atoms with E-state index in [1.165, 1.54) is 12.8 Å². The second-order valence-electron chi connectivity index (χ2n) is 6.19. The third kappa shape index (κ3) is 7.79. The number of unbranched alkanes of at least 4 members (excludes halogenated alkanes) is 2. The summed E-state index contributed by atoms with van der Waals surface area (Å²) in [6.07, 6.45) is 5.24. The summed E-state index contributed by atoms with van der Waals surface area (Å²) >= 11 is 0. The molecule has 0 aromatic carbocycles. The number of hydrogen-bond donors (Lipinski definition) is 1. The normalized spacial score (nSPS) is 18.5. The first-order valence-corrected chi connectivity index (χ1v) is 8.36. The molecule has 0 saturated carbocycles. The molecule has 0 aromatic rings. The van der Waals surface area contributed by atoms with Crippen molar-refractivity contribution in [3.05, 3.63) is 0 Å². The van der Waals surface area contributed by atoms with Gasteiger partial charge in [-0.05, 0) is 44.8 Å². The predicted octanol–water partition coefficient (Wildman–Crippen LogP) is 1.32. The smallest absolute Gasteiger partial charge is 0.222 e. The summed E-state index contributed by atoms with van der Waals surface area (Å²) in [5.74, 6) is 0.586. The van der Waals surface area contributed by atoms with E-state index in [4.69, 9.17) is 10.5 Å². The van der Waals surface area contributed by atoms with Gasteiger partial charge < -0.3 is 20.3 Å². The highest BCUT2D eigenvalue weighted by atomic mass is 16.5. The molecule has 0 bridgehead atoms. The molecule has 0 aliphatic carbocycles. The first kappa shape index (κ1) is 18.4. The minimum atomic E-state index is 0.282. The second-order valence-corrected chi connectivity index (χ2v) is 6.19. The molecule has 124 valence electrons. The van der Waals surface area contributed by atoms with Crippen LogP contribution in [0.4, 0.5) is 0 Å². The van der Waals surface area contributed by atoms with Crippen LogP contribution < -0.4 is 5.73 Å². The Balaban J connectivity index is 2.26. The van der Waals surface area contributed by atoms with Crippen molar-refractivity contribution >= 4 is 5.91 Å². The zero-order valence-electron chi connectivity index (χ0n) is 13.9. The van der Waals surface area contributed by atoms with Crippen LogP contribution in [0.15, 0.2) is 0 Å². The third-order valence-corrected chi connectivity index (χ3v) is 4.09. The first-order chi connectivity index (χ1) is 10.2. The van der Waals surface area contributed by atoms with Crippen LogP contribution in [0.1, 0.15) is 39.0 Å². The van der Waals surface area contributed by atoms with E-state index < -0.39 is 0 Å². The van der Waals surface area contributed by atoms with Gasteiger partial charge in [0.05, 0.1) is 0 Å². The van der Waals surface area contributed by atoms with Crippen LogP contribution >= 0.6 is 0 Å². The first-order valence-electron chi connectivity index (χ1n) is 8.36. The molecular formula is C16H33N3O2. The Morgan fingerprint density at radius 1 is 1.19 bits per heavy atom. The molecule has 0 spiro atoms. The maximum absolute atomic E-state index is 12.3. The fraction of sp³-hybridized carbons (Fsp3) is 0.938. The fourth-order valence-electron chi connectivity index (χ4n) is 2.87. The van der Waals surface area contributed by atoms with E-state index in [1.54, 1.807) is 7.11 Å². The summed E-state index contributed by atoms with van der Waals surface area (Å²) in [5.41, 5.74) is 5.52. The summed E-state index contributed by atoms with van der Waals surface area (Å²) in [6.45, 7) is 8.56. The standard InChI is InChI=1S/C16H33N3O2/c1-15(14-21-2)13-16(20)19-10-6-9-18(11-12-19)8-5-3-4-7-17/h15H,3-14,17H2,1-2H3. The van der Waals surface area contributed by atoms with Crippen molar-refractivity contribution in [3.63, 3.8) is 0 Å². The van der Waals surface area contributed by atoms with E-state index in [1.807, 2.05) is 4.90 Å². The van der Waals surface area contributed by atoms with Gasteiger partial charge in [0.2, 0.25) is 5.91 Å². The average Bonchev–Trinajstić information content (AvgIpc) is 2.69. The Hall–Kier alpha value is -0.650. The van der Waals surface area contributed by atoms with Crippen LogP contribution in [-0.4, -0.2) is 68.7 Å². The van der Waals surface area contributed by atoms with Crippen LogP contribution in [0.25, 0.3) is 0 Å². The van der Waals surface area contributed by atoms with Crippen molar-refractivity contribution in [3.8, 4) is 0 Å². The van der Waals surface area contributed by atoms with Gasteiger partial charge in [0.15, 0.2) is 0 Å². The highest BCUT2D eigenvalue weighted by Gasteiger charge is 2.20. The fourth-order valence-corrected chi connectivity index (χ4v) is 2.87. The molecule has 1 aliphatic rings. The van der Waals surface area contributed by atoms with Crippen LogP contribution in [0, 0.1) is 5.92 Å². The van der Waals surface area contributed by atoms with Gasteiger partial charge in [-0.15, -0.1) is 0 Å². The lowest BCUT2D eigenvalue weighted by Crippen LogP contribution is -2.36. The largest absolute Gasteiger partial charge is 0.384 e. The topological polar surface area (TPSA) is 58.8 Å². The Kier molecular flexibility index (Phi) is 9.63. The molecule has 2 N–H and O–H groups in total. The molecule has 1 fully saturated rings. The van der Waals surface area contributed by atoms with Crippen molar-refractivity contribution in [2.45, 2.75) is 39.0 Å².